The van der Waals surface area contributed by atoms with Crippen molar-refractivity contribution in [2.75, 3.05) is 6.54 Å². The van der Waals surface area contributed by atoms with Crippen LogP contribution in [-0.4, -0.2) is 27.1 Å². The minimum atomic E-state index is 0.350. The maximum Gasteiger partial charge on any atom is 0.0958 e. The topological polar surface area (TPSA) is 42.7 Å². The Labute approximate surface area is 124 Å². The first-order valence-corrected chi connectivity index (χ1v) is 7.40. The van der Waals surface area contributed by atoms with Crippen molar-refractivity contribution >= 4 is 11.0 Å². The Hall–Kier alpha value is -2.20. The number of pyridine rings is 1. The molecule has 0 spiro atoms. The lowest BCUT2D eigenvalue weighted by atomic mass is 10.1. The van der Waals surface area contributed by atoms with Gasteiger partial charge in [0.15, 0.2) is 0 Å². The van der Waals surface area contributed by atoms with Crippen LogP contribution in [0.2, 0.25) is 0 Å². The molecule has 1 unspecified atom stereocenters. The second-order valence-corrected chi connectivity index (χ2v) is 5.17. The molecule has 0 bridgehead atoms. The van der Waals surface area contributed by atoms with Crippen LogP contribution in [0.25, 0.3) is 11.0 Å². The van der Waals surface area contributed by atoms with Gasteiger partial charge in [0.05, 0.1) is 17.4 Å². The van der Waals surface area contributed by atoms with E-state index in [9.17, 15) is 0 Å². The predicted octanol–water partition coefficient (Wildman–Crippen LogP) is 2.65. The van der Waals surface area contributed by atoms with Gasteiger partial charge in [0, 0.05) is 30.9 Å². The summed E-state index contributed by atoms with van der Waals surface area (Å²) in [6, 6.07) is 14.7. The van der Waals surface area contributed by atoms with E-state index >= 15 is 0 Å². The summed E-state index contributed by atoms with van der Waals surface area (Å²) in [7, 11) is 0. The molecule has 0 radical (unpaired) electrons. The molecule has 3 aromatic rings. The fraction of sp³-hybridized carbons (Fsp3) is 0.294. The number of aromatic nitrogens is 3. The summed E-state index contributed by atoms with van der Waals surface area (Å²) in [6.45, 7) is 3.98. The highest BCUT2D eigenvalue weighted by Gasteiger charge is 2.11. The van der Waals surface area contributed by atoms with Gasteiger partial charge in [-0.1, -0.05) is 25.1 Å². The minimum Gasteiger partial charge on any atom is -0.329 e. The first-order chi connectivity index (χ1) is 10.4. The molecule has 1 aromatic carbocycles. The van der Waals surface area contributed by atoms with Crippen molar-refractivity contribution in [2.45, 2.75) is 25.9 Å². The van der Waals surface area contributed by atoms with Crippen LogP contribution in [0, 0.1) is 0 Å². The van der Waals surface area contributed by atoms with Crippen molar-refractivity contribution in [1.82, 2.24) is 19.9 Å². The lowest BCUT2D eigenvalue weighted by Gasteiger charge is -2.18. The summed E-state index contributed by atoms with van der Waals surface area (Å²) in [5.41, 5.74) is 3.35. The summed E-state index contributed by atoms with van der Waals surface area (Å²) in [4.78, 5) is 8.89. The van der Waals surface area contributed by atoms with E-state index in [1.54, 1.807) is 0 Å². The first kappa shape index (κ1) is 13.8. The second-order valence-electron chi connectivity index (χ2n) is 5.17. The van der Waals surface area contributed by atoms with Crippen LogP contribution in [0.15, 0.2) is 55.0 Å². The Bertz CT molecular complexity index is 690. The van der Waals surface area contributed by atoms with E-state index in [4.69, 9.17) is 0 Å². The standard InChI is InChI=1S/C17H20N4/c1-2-18-15(11-14-7-5-6-10-19-14)12-21-13-20-16-8-3-4-9-17(16)21/h3-10,13,15,18H,2,11-12H2,1H3. The van der Waals surface area contributed by atoms with Crippen molar-refractivity contribution in [2.24, 2.45) is 0 Å². The van der Waals surface area contributed by atoms with Gasteiger partial charge in [0.25, 0.3) is 0 Å². The monoisotopic (exact) mass is 280 g/mol. The van der Waals surface area contributed by atoms with E-state index in [2.05, 4.69) is 45.0 Å². The largest absolute Gasteiger partial charge is 0.329 e. The highest BCUT2D eigenvalue weighted by Crippen LogP contribution is 2.13. The Morgan fingerprint density at radius 2 is 1.95 bits per heavy atom. The van der Waals surface area contributed by atoms with Gasteiger partial charge in [-0.3, -0.25) is 4.98 Å². The Morgan fingerprint density at radius 1 is 1.10 bits per heavy atom. The van der Waals surface area contributed by atoms with Crippen LogP contribution in [-0.2, 0) is 13.0 Å². The van der Waals surface area contributed by atoms with Crippen molar-refractivity contribution in [3.05, 3.63) is 60.7 Å². The van der Waals surface area contributed by atoms with Gasteiger partial charge in [-0.05, 0) is 30.8 Å². The van der Waals surface area contributed by atoms with Crippen molar-refractivity contribution < 1.29 is 0 Å². The molecule has 3 rings (SSSR count). The van der Waals surface area contributed by atoms with Gasteiger partial charge in [0.2, 0.25) is 0 Å². The smallest absolute Gasteiger partial charge is 0.0958 e. The molecule has 0 aliphatic heterocycles. The zero-order valence-electron chi connectivity index (χ0n) is 12.2. The molecule has 4 heteroatoms. The van der Waals surface area contributed by atoms with E-state index < -0.39 is 0 Å². The highest BCUT2D eigenvalue weighted by atomic mass is 15.1. The normalized spacial score (nSPS) is 12.6. The van der Waals surface area contributed by atoms with E-state index in [1.165, 1.54) is 5.52 Å². The van der Waals surface area contributed by atoms with E-state index in [0.29, 0.717) is 6.04 Å². The maximum atomic E-state index is 4.46. The van der Waals surface area contributed by atoms with E-state index in [-0.39, 0.29) is 0 Å². The number of benzene rings is 1. The molecule has 2 aromatic heterocycles. The zero-order chi connectivity index (χ0) is 14.5. The molecule has 0 saturated carbocycles. The molecule has 0 aliphatic rings. The van der Waals surface area contributed by atoms with Crippen LogP contribution in [0.5, 0.6) is 0 Å². The molecule has 1 atom stereocenters. The van der Waals surface area contributed by atoms with E-state index in [0.717, 1.165) is 30.7 Å². The summed E-state index contributed by atoms with van der Waals surface area (Å²) >= 11 is 0. The SMILES string of the molecule is CCNC(Cc1ccccn1)Cn1cnc2ccccc21. The van der Waals surface area contributed by atoms with Crippen LogP contribution in [0.4, 0.5) is 0 Å². The van der Waals surface area contributed by atoms with Gasteiger partial charge in [0.1, 0.15) is 0 Å². The Kier molecular flexibility index (Phi) is 4.26. The van der Waals surface area contributed by atoms with Crippen molar-refractivity contribution in [1.29, 1.82) is 0 Å². The highest BCUT2D eigenvalue weighted by molar-refractivity contribution is 5.74. The third-order valence-corrected chi connectivity index (χ3v) is 3.62. The summed E-state index contributed by atoms with van der Waals surface area (Å²) in [5.74, 6) is 0. The molecule has 108 valence electrons. The molecule has 0 saturated heterocycles. The molecule has 1 N–H and O–H groups in total. The van der Waals surface area contributed by atoms with Gasteiger partial charge in [-0.25, -0.2) is 4.98 Å². The summed E-state index contributed by atoms with van der Waals surface area (Å²) < 4.78 is 2.21. The summed E-state index contributed by atoms with van der Waals surface area (Å²) in [5, 5.41) is 3.55. The third kappa shape index (κ3) is 3.28. The average Bonchev–Trinajstić information content (AvgIpc) is 2.92. The number of nitrogens with one attached hydrogen (secondary N) is 1. The number of fused-ring (bicyclic) bond motifs is 1. The molecule has 21 heavy (non-hydrogen) atoms. The van der Waals surface area contributed by atoms with Crippen molar-refractivity contribution in [3.8, 4) is 0 Å². The number of hydrogen-bond acceptors (Lipinski definition) is 3. The van der Waals surface area contributed by atoms with Crippen LogP contribution in [0.1, 0.15) is 12.6 Å². The number of hydrogen-bond donors (Lipinski definition) is 1. The average molecular weight is 280 g/mol. The Morgan fingerprint density at radius 3 is 2.76 bits per heavy atom. The molecular weight excluding hydrogens is 260 g/mol. The molecule has 0 aliphatic carbocycles. The Balaban J connectivity index is 1.78. The van der Waals surface area contributed by atoms with E-state index in [1.807, 2.05) is 36.8 Å². The fourth-order valence-corrected chi connectivity index (χ4v) is 2.65. The van der Waals surface area contributed by atoms with Gasteiger partial charge < -0.3 is 9.88 Å². The molecule has 0 fully saturated rings. The number of rotatable bonds is 6. The lowest BCUT2D eigenvalue weighted by Crippen LogP contribution is -2.35. The quantitative estimate of drug-likeness (QED) is 0.755. The van der Waals surface area contributed by atoms with Gasteiger partial charge in [-0.15, -0.1) is 0 Å². The fourth-order valence-electron chi connectivity index (χ4n) is 2.65. The summed E-state index contributed by atoms with van der Waals surface area (Å²) in [6.07, 6.45) is 4.69. The second kappa shape index (κ2) is 6.50. The first-order valence-electron chi connectivity index (χ1n) is 7.40. The van der Waals surface area contributed by atoms with Crippen LogP contribution >= 0.6 is 0 Å². The predicted molar refractivity (Wildman–Crippen MR) is 85.1 cm³/mol. The third-order valence-electron chi connectivity index (χ3n) is 3.62. The zero-order valence-corrected chi connectivity index (χ0v) is 12.2. The van der Waals surface area contributed by atoms with Crippen molar-refractivity contribution in [3.63, 3.8) is 0 Å². The molecular formula is C17H20N4. The number of likely N-dealkylation sites (N-methyl/N-ethyl adjacent to an activating group) is 1. The number of imidazole rings is 1. The number of nitrogens with zero attached hydrogens (tertiary/aromatic N) is 3. The van der Waals surface area contributed by atoms with Crippen LogP contribution < -0.4 is 5.32 Å². The molecule has 0 amide bonds. The molecule has 4 nitrogen and oxygen atoms in total. The molecule has 2 heterocycles. The number of para-hydroxylation sites is 2. The minimum absolute atomic E-state index is 0.350. The lowest BCUT2D eigenvalue weighted by molar-refractivity contribution is 0.457. The van der Waals surface area contributed by atoms with Gasteiger partial charge in [-0.2, -0.15) is 0 Å². The maximum absolute atomic E-state index is 4.46. The van der Waals surface area contributed by atoms with Gasteiger partial charge >= 0.3 is 0 Å². The van der Waals surface area contributed by atoms with Crippen LogP contribution in [0.3, 0.4) is 0 Å².